The topological polar surface area (TPSA) is 74.3 Å². The van der Waals surface area contributed by atoms with Crippen LogP contribution < -0.4 is 18.9 Å². The maximum atomic E-state index is 13.2. The molecule has 0 saturated carbocycles. The lowest BCUT2D eigenvalue weighted by molar-refractivity contribution is 0.174. The summed E-state index contributed by atoms with van der Waals surface area (Å²) in [5.74, 6) is 2.80. The second-order valence-corrected chi connectivity index (χ2v) is 9.16. The van der Waals surface area contributed by atoms with Crippen LogP contribution in [-0.4, -0.2) is 46.8 Å². The summed E-state index contributed by atoms with van der Waals surface area (Å²) in [4.78, 5) is 0.147. The van der Waals surface area contributed by atoms with E-state index in [4.69, 9.17) is 18.9 Å². The van der Waals surface area contributed by atoms with Crippen molar-refractivity contribution in [2.75, 3.05) is 34.1 Å². The molecule has 8 heteroatoms. The van der Waals surface area contributed by atoms with Crippen molar-refractivity contribution in [2.24, 2.45) is 5.92 Å². The zero-order valence-electron chi connectivity index (χ0n) is 16.6. The van der Waals surface area contributed by atoms with Crippen LogP contribution in [0.2, 0.25) is 0 Å². The summed E-state index contributed by atoms with van der Waals surface area (Å²) < 4.78 is 49.2. The van der Waals surface area contributed by atoms with Gasteiger partial charge in [-0.25, -0.2) is 8.42 Å². The van der Waals surface area contributed by atoms with Gasteiger partial charge in [0.05, 0.1) is 14.2 Å². The lowest BCUT2D eigenvalue weighted by atomic mass is 9.91. The minimum absolute atomic E-state index is 0.147. The number of ether oxygens (including phenoxy) is 4. The highest BCUT2D eigenvalue weighted by Crippen LogP contribution is 2.35. The number of methoxy groups -OCH3 is 2. The first kappa shape index (κ1) is 19.8. The highest BCUT2D eigenvalue weighted by molar-refractivity contribution is 7.89. The molecule has 0 amide bonds. The Kier molecular flexibility index (Phi) is 5.56. The van der Waals surface area contributed by atoms with Gasteiger partial charge in [0.1, 0.15) is 16.4 Å². The van der Waals surface area contributed by atoms with Gasteiger partial charge in [0, 0.05) is 19.2 Å². The normalized spacial score (nSPS) is 17.3. The van der Waals surface area contributed by atoms with Gasteiger partial charge in [0.2, 0.25) is 16.8 Å². The molecule has 0 unspecified atom stereocenters. The molecule has 2 aliphatic rings. The molecule has 7 nitrogen and oxygen atoms in total. The van der Waals surface area contributed by atoms with Crippen molar-refractivity contribution in [3.05, 3.63) is 42.0 Å². The summed E-state index contributed by atoms with van der Waals surface area (Å²) in [6.07, 6.45) is 2.51. The number of hydrogen-bond donors (Lipinski definition) is 0. The molecule has 2 heterocycles. The molecule has 4 rings (SSSR count). The highest BCUT2D eigenvalue weighted by atomic mass is 32.2. The molecule has 1 saturated heterocycles. The van der Waals surface area contributed by atoms with Crippen LogP contribution in [0.4, 0.5) is 0 Å². The van der Waals surface area contributed by atoms with Crippen LogP contribution >= 0.6 is 0 Å². The van der Waals surface area contributed by atoms with Gasteiger partial charge in [-0.1, -0.05) is 6.07 Å². The third-order valence-electron chi connectivity index (χ3n) is 5.52. The van der Waals surface area contributed by atoms with Gasteiger partial charge in [-0.05, 0) is 55.0 Å². The van der Waals surface area contributed by atoms with Crippen LogP contribution in [0.1, 0.15) is 18.4 Å². The first-order valence-electron chi connectivity index (χ1n) is 9.62. The third kappa shape index (κ3) is 4.00. The van der Waals surface area contributed by atoms with Crippen LogP contribution in [0.15, 0.2) is 41.3 Å². The molecule has 0 bridgehead atoms. The molecule has 0 spiro atoms. The summed E-state index contributed by atoms with van der Waals surface area (Å²) >= 11 is 0. The van der Waals surface area contributed by atoms with Gasteiger partial charge in [0.15, 0.2) is 11.5 Å². The molecule has 0 aromatic heterocycles. The summed E-state index contributed by atoms with van der Waals surface area (Å²) in [5.41, 5.74) is 1.19. The van der Waals surface area contributed by atoms with Crippen molar-refractivity contribution < 1.29 is 27.4 Å². The van der Waals surface area contributed by atoms with Crippen molar-refractivity contribution in [2.45, 2.75) is 24.2 Å². The molecule has 0 aliphatic carbocycles. The minimum Gasteiger partial charge on any atom is -0.497 e. The smallest absolute Gasteiger partial charge is 0.246 e. The number of piperidine rings is 1. The number of hydrogen-bond acceptors (Lipinski definition) is 6. The Balaban J connectivity index is 1.44. The number of rotatable bonds is 6. The van der Waals surface area contributed by atoms with Gasteiger partial charge < -0.3 is 18.9 Å². The molecule has 0 radical (unpaired) electrons. The molecule has 156 valence electrons. The van der Waals surface area contributed by atoms with Gasteiger partial charge in [0.25, 0.3) is 0 Å². The number of sulfonamides is 1. The Labute approximate surface area is 171 Å². The number of nitrogens with zero attached hydrogens (tertiary/aromatic N) is 1. The molecule has 2 aromatic rings. The Hall–Kier alpha value is -2.45. The van der Waals surface area contributed by atoms with E-state index in [1.807, 2.05) is 12.1 Å². The Bertz CT molecular complexity index is 983. The lowest BCUT2D eigenvalue weighted by Gasteiger charge is -2.31. The second kappa shape index (κ2) is 8.12. The molecule has 0 atom stereocenters. The maximum absolute atomic E-state index is 13.2. The quantitative estimate of drug-likeness (QED) is 0.716. The largest absolute Gasteiger partial charge is 0.497 e. The van der Waals surface area contributed by atoms with Crippen molar-refractivity contribution >= 4 is 10.0 Å². The van der Waals surface area contributed by atoms with E-state index in [2.05, 4.69) is 6.07 Å². The summed E-state index contributed by atoms with van der Waals surface area (Å²) in [7, 11) is -0.665. The second-order valence-electron chi connectivity index (χ2n) is 7.26. The van der Waals surface area contributed by atoms with Crippen molar-refractivity contribution in [3.8, 4) is 23.0 Å². The number of fused-ring (bicyclic) bond motifs is 1. The van der Waals surface area contributed by atoms with Crippen LogP contribution in [0.5, 0.6) is 23.0 Å². The van der Waals surface area contributed by atoms with Gasteiger partial charge in [-0.3, -0.25) is 0 Å². The fraction of sp³-hybridized carbons (Fsp3) is 0.429. The minimum atomic E-state index is -3.65. The summed E-state index contributed by atoms with van der Waals surface area (Å²) in [6.45, 7) is 1.23. The predicted molar refractivity (Wildman–Crippen MR) is 107 cm³/mol. The molecule has 2 aromatic carbocycles. The predicted octanol–water partition coefficient (Wildman–Crippen LogP) is 3.08. The summed E-state index contributed by atoms with van der Waals surface area (Å²) in [5, 5.41) is 0. The average molecular weight is 419 g/mol. The van der Waals surface area contributed by atoms with Crippen molar-refractivity contribution in [3.63, 3.8) is 0 Å². The first-order chi connectivity index (χ1) is 14.0. The molecule has 29 heavy (non-hydrogen) atoms. The summed E-state index contributed by atoms with van der Waals surface area (Å²) in [6, 6.07) is 10.8. The van der Waals surface area contributed by atoms with Gasteiger partial charge in [-0.15, -0.1) is 0 Å². The van der Waals surface area contributed by atoms with Crippen LogP contribution in [0, 0.1) is 5.92 Å². The van der Waals surface area contributed by atoms with E-state index in [1.54, 1.807) is 16.4 Å². The van der Waals surface area contributed by atoms with Crippen LogP contribution in [0.3, 0.4) is 0 Å². The van der Waals surface area contributed by atoms with E-state index in [-0.39, 0.29) is 11.7 Å². The van der Waals surface area contributed by atoms with Crippen molar-refractivity contribution in [1.29, 1.82) is 0 Å². The first-order valence-corrected chi connectivity index (χ1v) is 11.1. The van der Waals surface area contributed by atoms with E-state index in [1.165, 1.54) is 25.8 Å². The van der Waals surface area contributed by atoms with Crippen molar-refractivity contribution in [1.82, 2.24) is 4.31 Å². The van der Waals surface area contributed by atoms with E-state index >= 15 is 0 Å². The van der Waals surface area contributed by atoms with Crippen LogP contribution in [0.25, 0.3) is 0 Å². The molecule has 0 N–H and O–H groups in total. The van der Waals surface area contributed by atoms with Gasteiger partial charge >= 0.3 is 0 Å². The maximum Gasteiger partial charge on any atom is 0.246 e. The SMILES string of the molecule is COc1ccc(OC)c(S(=O)(=O)N2CCC(Cc3ccc4c(c3)OCO4)CC2)c1. The fourth-order valence-electron chi connectivity index (χ4n) is 3.88. The number of benzene rings is 2. The van der Waals surface area contributed by atoms with E-state index in [0.717, 1.165) is 30.8 Å². The monoisotopic (exact) mass is 419 g/mol. The van der Waals surface area contributed by atoms with E-state index in [9.17, 15) is 8.42 Å². The lowest BCUT2D eigenvalue weighted by Crippen LogP contribution is -2.39. The molecular weight excluding hydrogens is 394 g/mol. The van der Waals surface area contributed by atoms with E-state index < -0.39 is 10.0 Å². The highest BCUT2D eigenvalue weighted by Gasteiger charge is 2.32. The molecule has 2 aliphatic heterocycles. The van der Waals surface area contributed by atoms with Crippen LogP contribution in [-0.2, 0) is 16.4 Å². The molecular formula is C21H25NO6S. The Morgan fingerprint density at radius 1 is 1.00 bits per heavy atom. The standard InChI is InChI=1S/C21H25NO6S/c1-25-17-4-6-19(26-2)21(13-17)29(23,24)22-9-7-15(8-10-22)11-16-3-5-18-20(12-16)28-14-27-18/h3-6,12-13,15H,7-11,14H2,1-2H3. The third-order valence-corrected chi connectivity index (χ3v) is 7.44. The zero-order valence-corrected chi connectivity index (χ0v) is 17.4. The Morgan fingerprint density at radius 3 is 2.48 bits per heavy atom. The fourth-order valence-corrected chi connectivity index (χ4v) is 5.52. The average Bonchev–Trinajstić information content (AvgIpc) is 3.21. The van der Waals surface area contributed by atoms with E-state index in [0.29, 0.717) is 30.5 Å². The molecule has 1 fully saturated rings. The Morgan fingerprint density at radius 2 is 1.76 bits per heavy atom. The van der Waals surface area contributed by atoms with Gasteiger partial charge in [-0.2, -0.15) is 4.31 Å². The zero-order chi connectivity index (χ0) is 20.4.